The van der Waals surface area contributed by atoms with Gasteiger partial charge < -0.3 is 20.9 Å². The number of amides is 1. The number of hydrogen-bond acceptors (Lipinski definition) is 4. The maximum atomic E-state index is 11.8. The summed E-state index contributed by atoms with van der Waals surface area (Å²) >= 11 is 0. The molecule has 1 unspecified atom stereocenters. The Morgan fingerprint density at radius 3 is 2.55 bits per heavy atom. The molecule has 110 valence electrons. The smallest absolute Gasteiger partial charge is 0.339 e. The lowest BCUT2D eigenvalue weighted by atomic mass is 10.1. The van der Waals surface area contributed by atoms with Crippen molar-refractivity contribution in [3.05, 3.63) is 23.8 Å². The molecule has 0 saturated carbocycles. The van der Waals surface area contributed by atoms with Crippen LogP contribution in [0.4, 0.5) is 5.69 Å². The summed E-state index contributed by atoms with van der Waals surface area (Å²) in [6.45, 7) is 6.07. The first-order chi connectivity index (χ1) is 9.31. The Balaban J connectivity index is 2.77. The molecule has 1 aromatic carbocycles. The summed E-state index contributed by atoms with van der Waals surface area (Å²) in [5.74, 6) is -0.981. The van der Waals surface area contributed by atoms with Crippen molar-refractivity contribution in [1.82, 2.24) is 5.32 Å². The van der Waals surface area contributed by atoms with Crippen molar-refractivity contribution in [2.75, 3.05) is 12.3 Å². The van der Waals surface area contributed by atoms with Gasteiger partial charge in [0.1, 0.15) is 11.3 Å². The van der Waals surface area contributed by atoms with E-state index < -0.39 is 12.1 Å². The van der Waals surface area contributed by atoms with Crippen LogP contribution in [0.15, 0.2) is 18.2 Å². The molecule has 6 heteroatoms. The summed E-state index contributed by atoms with van der Waals surface area (Å²) in [5, 5.41) is 11.8. The third-order valence-corrected chi connectivity index (χ3v) is 2.59. The van der Waals surface area contributed by atoms with E-state index in [9.17, 15) is 9.59 Å². The molecule has 0 aliphatic rings. The number of carbonyl (C=O) groups excluding carboxylic acids is 1. The lowest BCUT2D eigenvalue weighted by molar-refractivity contribution is -0.127. The normalized spacial score (nSPS) is 12.0. The number of nitrogen functional groups attached to an aromatic ring is 1. The Labute approximate surface area is 117 Å². The van der Waals surface area contributed by atoms with Gasteiger partial charge in [-0.15, -0.1) is 0 Å². The third-order valence-electron chi connectivity index (χ3n) is 2.59. The molecular formula is C14H20N2O4. The van der Waals surface area contributed by atoms with Crippen molar-refractivity contribution in [2.24, 2.45) is 5.92 Å². The zero-order valence-electron chi connectivity index (χ0n) is 11.8. The number of benzene rings is 1. The summed E-state index contributed by atoms with van der Waals surface area (Å²) in [7, 11) is 0. The fourth-order valence-electron chi connectivity index (χ4n) is 1.51. The number of carboxylic acid groups (broad SMARTS) is 1. The number of nitrogens with two attached hydrogens (primary N) is 1. The summed E-state index contributed by atoms with van der Waals surface area (Å²) in [4.78, 5) is 22.9. The van der Waals surface area contributed by atoms with Gasteiger partial charge in [0.05, 0.1) is 0 Å². The molecule has 0 radical (unpaired) electrons. The monoisotopic (exact) mass is 280 g/mol. The van der Waals surface area contributed by atoms with E-state index in [1.54, 1.807) is 6.92 Å². The van der Waals surface area contributed by atoms with Gasteiger partial charge in [0.15, 0.2) is 6.10 Å². The minimum atomic E-state index is -1.15. The second-order valence-electron chi connectivity index (χ2n) is 4.96. The predicted molar refractivity (Wildman–Crippen MR) is 75.8 cm³/mol. The summed E-state index contributed by atoms with van der Waals surface area (Å²) < 4.78 is 5.41. The molecule has 0 fully saturated rings. The molecule has 1 aromatic rings. The molecule has 0 aliphatic heterocycles. The maximum absolute atomic E-state index is 11.8. The van der Waals surface area contributed by atoms with E-state index in [0.717, 1.165) is 0 Å². The molecule has 0 saturated heterocycles. The van der Waals surface area contributed by atoms with Crippen LogP contribution in [0.5, 0.6) is 5.75 Å². The molecule has 1 atom stereocenters. The fourth-order valence-corrected chi connectivity index (χ4v) is 1.51. The van der Waals surface area contributed by atoms with Gasteiger partial charge in [0.25, 0.3) is 5.91 Å². The van der Waals surface area contributed by atoms with Gasteiger partial charge in [-0.2, -0.15) is 0 Å². The number of hydrogen-bond donors (Lipinski definition) is 3. The van der Waals surface area contributed by atoms with Crippen LogP contribution >= 0.6 is 0 Å². The molecule has 1 rings (SSSR count). The van der Waals surface area contributed by atoms with Crippen LogP contribution in [-0.2, 0) is 4.79 Å². The number of nitrogens with one attached hydrogen (secondary N) is 1. The first-order valence-corrected chi connectivity index (χ1v) is 6.38. The standard InChI is InChI=1S/C14H20N2O4/c1-8(2)7-16-13(17)9(3)20-12-5-4-10(15)6-11(12)14(18)19/h4-6,8-9H,7,15H2,1-3H3,(H,16,17)(H,18,19). The average molecular weight is 280 g/mol. The van der Waals surface area contributed by atoms with Gasteiger partial charge in [0, 0.05) is 12.2 Å². The van der Waals surface area contributed by atoms with Crippen molar-refractivity contribution in [2.45, 2.75) is 26.9 Å². The Morgan fingerprint density at radius 2 is 2.00 bits per heavy atom. The number of carboxylic acids is 1. The molecule has 0 heterocycles. The Morgan fingerprint density at radius 1 is 1.35 bits per heavy atom. The summed E-state index contributed by atoms with van der Waals surface area (Å²) in [6, 6.07) is 4.28. The zero-order chi connectivity index (χ0) is 15.3. The van der Waals surface area contributed by atoms with Crippen LogP contribution in [0.3, 0.4) is 0 Å². The maximum Gasteiger partial charge on any atom is 0.339 e. The zero-order valence-corrected chi connectivity index (χ0v) is 11.8. The highest BCUT2D eigenvalue weighted by molar-refractivity contribution is 5.92. The van der Waals surface area contributed by atoms with Crippen LogP contribution < -0.4 is 15.8 Å². The van der Waals surface area contributed by atoms with Crippen LogP contribution in [0.1, 0.15) is 31.1 Å². The highest BCUT2D eigenvalue weighted by Crippen LogP contribution is 2.22. The molecule has 0 aliphatic carbocycles. The van der Waals surface area contributed by atoms with E-state index in [-0.39, 0.29) is 17.2 Å². The predicted octanol–water partition coefficient (Wildman–Crippen LogP) is 1.51. The lowest BCUT2D eigenvalue weighted by Gasteiger charge is -2.17. The molecule has 1 amide bonds. The molecule has 20 heavy (non-hydrogen) atoms. The van der Waals surface area contributed by atoms with Crippen molar-refractivity contribution in [3.63, 3.8) is 0 Å². The quantitative estimate of drug-likeness (QED) is 0.685. The molecule has 6 nitrogen and oxygen atoms in total. The molecule has 0 bridgehead atoms. The van der Waals surface area contributed by atoms with Gasteiger partial charge >= 0.3 is 5.97 Å². The number of anilines is 1. The Kier molecular flexibility index (Phi) is 5.37. The summed E-state index contributed by atoms with van der Waals surface area (Å²) in [6.07, 6.45) is -0.782. The second-order valence-corrected chi connectivity index (χ2v) is 4.96. The van der Waals surface area contributed by atoms with E-state index in [2.05, 4.69) is 5.32 Å². The van der Waals surface area contributed by atoms with Crippen LogP contribution in [0.25, 0.3) is 0 Å². The van der Waals surface area contributed by atoms with Crippen molar-refractivity contribution >= 4 is 17.6 Å². The van der Waals surface area contributed by atoms with Gasteiger partial charge in [0.2, 0.25) is 0 Å². The second kappa shape index (κ2) is 6.79. The van der Waals surface area contributed by atoms with Gasteiger partial charge in [-0.3, -0.25) is 4.79 Å². The van der Waals surface area contributed by atoms with E-state index in [4.69, 9.17) is 15.6 Å². The number of ether oxygens (including phenoxy) is 1. The van der Waals surface area contributed by atoms with Gasteiger partial charge in [-0.1, -0.05) is 13.8 Å². The van der Waals surface area contributed by atoms with Crippen LogP contribution in [-0.4, -0.2) is 29.6 Å². The lowest BCUT2D eigenvalue weighted by Crippen LogP contribution is -2.38. The van der Waals surface area contributed by atoms with Crippen molar-refractivity contribution in [3.8, 4) is 5.75 Å². The molecular weight excluding hydrogens is 260 g/mol. The van der Waals surface area contributed by atoms with E-state index in [1.807, 2.05) is 13.8 Å². The Bertz CT molecular complexity index is 500. The number of rotatable bonds is 6. The van der Waals surface area contributed by atoms with E-state index in [0.29, 0.717) is 18.2 Å². The van der Waals surface area contributed by atoms with Gasteiger partial charge in [-0.25, -0.2) is 4.79 Å². The molecule has 0 aromatic heterocycles. The summed E-state index contributed by atoms with van der Waals surface area (Å²) in [5.41, 5.74) is 5.80. The average Bonchev–Trinajstić information content (AvgIpc) is 2.37. The van der Waals surface area contributed by atoms with Crippen LogP contribution in [0, 0.1) is 5.92 Å². The fraction of sp³-hybridized carbons (Fsp3) is 0.429. The minimum Gasteiger partial charge on any atom is -0.480 e. The number of aromatic carboxylic acids is 1. The topological polar surface area (TPSA) is 102 Å². The number of carbonyl (C=O) groups is 2. The van der Waals surface area contributed by atoms with Crippen molar-refractivity contribution < 1.29 is 19.4 Å². The molecule has 4 N–H and O–H groups in total. The van der Waals surface area contributed by atoms with E-state index >= 15 is 0 Å². The minimum absolute atomic E-state index is 0.0616. The van der Waals surface area contributed by atoms with E-state index in [1.165, 1.54) is 18.2 Å². The van der Waals surface area contributed by atoms with Gasteiger partial charge in [-0.05, 0) is 31.0 Å². The third kappa shape index (κ3) is 4.46. The highest BCUT2D eigenvalue weighted by Gasteiger charge is 2.19. The highest BCUT2D eigenvalue weighted by atomic mass is 16.5. The Hall–Kier alpha value is -2.24. The molecule has 0 spiro atoms. The largest absolute Gasteiger partial charge is 0.480 e. The SMILES string of the molecule is CC(C)CNC(=O)C(C)Oc1ccc(N)cc1C(=O)O. The first kappa shape index (κ1) is 15.8. The van der Waals surface area contributed by atoms with Crippen molar-refractivity contribution in [1.29, 1.82) is 0 Å². The van der Waals surface area contributed by atoms with Crippen LogP contribution in [0.2, 0.25) is 0 Å². The first-order valence-electron chi connectivity index (χ1n) is 6.38.